The molecule has 0 aliphatic rings. The molecule has 1 aromatic heterocycles. The van der Waals surface area contributed by atoms with E-state index in [4.69, 9.17) is 9.47 Å². The Balaban J connectivity index is 1.97. The van der Waals surface area contributed by atoms with E-state index in [-0.39, 0.29) is 24.0 Å². The lowest BCUT2D eigenvalue weighted by Crippen LogP contribution is -2.30. The van der Waals surface area contributed by atoms with Gasteiger partial charge in [0.25, 0.3) is 5.91 Å². The van der Waals surface area contributed by atoms with Crippen LogP contribution in [0.4, 0.5) is 10.7 Å². The van der Waals surface area contributed by atoms with Crippen LogP contribution in [0.2, 0.25) is 0 Å². The summed E-state index contributed by atoms with van der Waals surface area (Å²) in [5, 5.41) is 6.63. The summed E-state index contributed by atoms with van der Waals surface area (Å²) in [7, 11) is 0. The molecule has 2 aromatic carbocycles. The Morgan fingerprint density at radius 3 is 2.42 bits per heavy atom. The first kappa shape index (κ1) is 24.3. The van der Waals surface area contributed by atoms with Crippen molar-refractivity contribution in [2.75, 3.05) is 17.2 Å². The zero-order valence-corrected chi connectivity index (χ0v) is 20.4. The first-order chi connectivity index (χ1) is 15.6. The molecule has 0 bridgehead atoms. The number of hydrogen-bond acceptors (Lipinski definition) is 6. The molecule has 0 radical (unpaired) electrons. The fourth-order valence-corrected chi connectivity index (χ4v) is 4.66. The molecule has 33 heavy (non-hydrogen) atoms. The number of anilines is 2. The summed E-state index contributed by atoms with van der Waals surface area (Å²) in [6.07, 6.45) is -0.799. The van der Waals surface area contributed by atoms with Crippen LogP contribution in [0, 0.1) is 20.8 Å². The van der Waals surface area contributed by atoms with Gasteiger partial charge in [0.05, 0.1) is 11.3 Å². The number of esters is 1. The normalized spacial score (nSPS) is 11.7. The molecule has 1 atom stereocenters. The first-order valence-corrected chi connectivity index (χ1v) is 11.5. The number of nitrogens with one attached hydrogen (secondary N) is 2. The Hall–Kier alpha value is -3.39. The quantitative estimate of drug-likeness (QED) is 0.455. The van der Waals surface area contributed by atoms with Gasteiger partial charge >= 0.3 is 5.97 Å². The molecule has 0 spiro atoms. The third-order valence-corrected chi connectivity index (χ3v) is 6.42. The van der Waals surface area contributed by atoms with Gasteiger partial charge in [-0.3, -0.25) is 9.59 Å². The van der Waals surface area contributed by atoms with E-state index in [0.29, 0.717) is 20.8 Å². The van der Waals surface area contributed by atoms with Gasteiger partial charge in [-0.2, -0.15) is 0 Å². The zero-order chi connectivity index (χ0) is 24.3. The molecule has 0 aliphatic heterocycles. The minimum atomic E-state index is -0.799. The standard InChI is InChI=1S/C25H28N2O5S/c1-7-31-25(30)20-18-12-11-14(3)21(22(18)33-24(20)26-17(6)28)32-16(5)23(29)27-19-10-8-9-13(2)15(19)4/h8-12,16H,7H2,1-6H3,(H,26,28)(H,27,29). The monoisotopic (exact) mass is 468 g/mol. The van der Waals surface area contributed by atoms with E-state index >= 15 is 0 Å². The van der Waals surface area contributed by atoms with Crippen molar-refractivity contribution in [3.8, 4) is 5.75 Å². The average Bonchev–Trinajstić information content (AvgIpc) is 3.11. The molecule has 2 N–H and O–H groups in total. The van der Waals surface area contributed by atoms with E-state index in [0.717, 1.165) is 22.4 Å². The van der Waals surface area contributed by atoms with Crippen molar-refractivity contribution in [1.82, 2.24) is 0 Å². The molecule has 0 aliphatic carbocycles. The number of ether oxygens (including phenoxy) is 2. The van der Waals surface area contributed by atoms with Crippen LogP contribution in [0.3, 0.4) is 0 Å². The Morgan fingerprint density at radius 1 is 1.03 bits per heavy atom. The Bertz CT molecular complexity index is 1230. The molecule has 1 heterocycles. The lowest BCUT2D eigenvalue weighted by molar-refractivity contribution is -0.122. The van der Waals surface area contributed by atoms with Crippen LogP contribution in [-0.2, 0) is 14.3 Å². The van der Waals surface area contributed by atoms with E-state index in [1.54, 1.807) is 19.9 Å². The minimum Gasteiger partial charge on any atom is -0.479 e. The Labute approximate surface area is 197 Å². The smallest absolute Gasteiger partial charge is 0.341 e. The number of rotatable bonds is 7. The molecule has 3 rings (SSSR count). The highest BCUT2D eigenvalue weighted by Crippen LogP contribution is 2.43. The minimum absolute atomic E-state index is 0.209. The molecular weight excluding hydrogens is 440 g/mol. The van der Waals surface area contributed by atoms with E-state index in [1.165, 1.54) is 18.3 Å². The summed E-state index contributed by atoms with van der Waals surface area (Å²) in [5.74, 6) is -0.622. The maximum Gasteiger partial charge on any atom is 0.341 e. The van der Waals surface area contributed by atoms with Crippen LogP contribution in [0.5, 0.6) is 5.75 Å². The van der Waals surface area contributed by atoms with Gasteiger partial charge in [0.2, 0.25) is 5.91 Å². The number of thiophene rings is 1. The largest absolute Gasteiger partial charge is 0.479 e. The van der Waals surface area contributed by atoms with E-state index in [2.05, 4.69) is 10.6 Å². The van der Waals surface area contributed by atoms with Crippen molar-refractivity contribution in [2.45, 2.75) is 47.6 Å². The number of fused-ring (bicyclic) bond motifs is 1. The topological polar surface area (TPSA) is 93.7 Å². The molecule has 0 fully saturated rings. The third-order valence-electron chi connectivity index (χ3n) is 5.31. The van der Waals surface area contributed by atoms with Gasteiger partial charge in [0.1, 0.15) is 16.3 Å². The summed E-state index contributed by atoms with van der Waals surface area (Å²) < 4.78 is 12.0. The van der Waals surface area contributed by atoms with Crippen molar-refractivity contribution in [1.29, 1.82) is 0 Å². The van der Waals surface area contributed by atoms with E-state index < -0.39 is 12.1 Å². The maximum atomic E-state index is 12.9. The number of benzene rings is 2. The van der Waals surface area contributed by atoms with E-state index in [1.807, 2.05) is 45.0 Å². The zero-order valence-electron chi connectivity index (χ0n) is 19.6. The summed E-state index contributed by atoms with van der Waals surface area (Å²) in [4.78, 5) is 37.2. The Morgan fingerprint density at radius 2 is 1.76 bits per heavy atom. The van der Waals surface area contributed by atoms with Gasteiger partial charge in [-0.15, -0.1) is 11.3 Å². The number of amides is 2. The second-order valence-electron chi connectivity index (χ2n) is 7.79. The molecule has 3 aromatic rings. The maximum absolute atomic E-state index is 12.9. The van der Waals surface area contributed by atoms with Crippen LogP contribution in [0.25, 0.3) is 10.1 Å². The molecule has 0 saturated carbocycles. The molecule has 174 valence electrons. The number of hydrogen-bond donors (Lipinski definition) is 2. The number of carbonyl (C=O) groups is 3. The first-order valence-electron chi connectivity index (χ1n) is 10.7. The van der Waals surface area contributed by atoms with Crippen molar-refractivity contribution in [2.24, 2.45) is 0 Å². The highest BCUT2D eigenvalue weighted by molar-refractivity contribution is 7.24. The number of carbonyl (C=O) groups excluding carboxylic acids is 3. The molecule has 7 nitrogen and oxygen atoms in total. The SMILES string of the molecule is CCOC(=O)c1c(NC(C)=O)sc2c(OC(C)C(=O)Nc3cccc(C)c3C)c(C)ccc12. The Kier molecular flexibility index (Phi) is 7.38. The highest BCUT2D eigenvalue weighted by atomic mass is 32.1. The average molecular weight is 469 g/mol. The van der Waals surface area contributed by atoms with Crippen LogP contribution in [0.1, 0.15) is 47.8 Å². The van der Waals surface area contributed by atoms with Crippen LogP contribution in [-0.4, -0.2) is 30.5 Å². The summed E-state index contributed by atoms with van der Waals surface area (Å²) in [5.41, 5.74) is 3.90. The second-order valence-corrected chi connectivity index (χ2v) is 8.81. The predicted molar refractivity (Wildman–Crippen MR) is 131 cm³/mol. The lowest BCUT2D eigenvalue weighted by Gasteiger charge is -2.18. The van der Waals surface area contributed by atoms with Crippen molar-refractivity contribution in [3.05, 3.63) is 52.6 Å². The van der Waals surface area contributed by atoms with Crippen LogP contribution < -0.4 is 15.4 Å². The molecule has 1 unspecified atom stereocenters. The van der Waals surface area contributed by atoms with Gasteiger partial charge in [-0.25, -0.2) is 4.79 Å². The number of aryl methyl sites for hydroxylation is 2. The third kappa shape index (κ3) is 5.17. The van der Waals surface area contributed by atoms with Gasteiger partial charge < -0.3 is 20.1 Å². The lowest BCUT2D eigenvalue weighted by atomic mass is 10.1. The molecule has 8 heteroatoms. The summed E-state index contributed by atoms with van der Waals surface area (Å²) in [6.45, 7) is 10.8. The van der Waals surface area contributed by atoms with Gasteiger partial charge in [0, 0.05) is 18.0 Å². The van der Waals surface area contributed by atoms with Crippen LogP contribution >= 0.6 is 11.3 Å². The summed E-state index contributed by atoms with van der Waals surface area (Å²) >= 11 is 1.22. The molecule has 2 amide bonds. The van der Waals surface area contributed by atoms with Crippen molar-refractivity contribution >= 4 is 49.9 Å². The van der Waals surface area contributed by atoms with Gasteiger partial charge in [0.15, 0.2) is 6.10 Å². The molecule has 0 saturated heterocycles. The summed E-state index contributed by atoms with van der Waals surface area (Å²) in [6, 6.07) is 9.34. The van der Waals surface area contributed by atoms with Crippen LogP contribution in [0.15, 0.2) is 30.3 Å². The predicted octanol–water partition coefficient (Wildman–Crippen LogP) is 5.37. The fourth-order valence-electron chi connectivity index (χ4n) is 3.39. The highest BCUT2D eigenvalue weighted by Gasteiger charge is 2.25. The van der Waals surface area contributed by atoms with Gasteiger partial charge in [-0.05, 0) is 57.4 Å². The van der Waals surface area contributed by atoms with Crippen molar-refractivity contribution < 1.29 is 23.9 Å². The van der Waals surface area contributed by atoms with Crippen molar-refractivity contribution in [3.63, 3.8) is 0 Å². The fraction of sp³-hybridized carbons (Fsp3) is 0.320. The van der Waals surface area contributed by atoms with E-state index in [9.17, 15) is 14.4 Å². The second kappa shape index (κ2) is 10.0. The van der Waals surface area contributed by atoms with Gasteiger partial charge in [-0.1, -0.05) is 24.3 Å². The molecular formula is C25H28N2O5S.